The average Bonchev–Trinajstić information content (AvgIpc) is 3.13. The molecule has 166 valence electrons. The van der Waals surface area contributed by atoms with Crippen LogP contribution in [0.5, 0.6) is 5.88 Å². The molecule has 0 fully saturated rings. The van der Waals surface area contributed by atoms with Crippen molar-refractivity contribution in [3.05, 3.63) is 28.8 Å². The highest BCUT2D eigenvalue weighted by atomic mass is 19.3. The van der Waals surface area contributed by atoms with E-state index in [1.165, 1.54) is 63.6 Å². The van der Waals surface area contributed by atoms with Crippen LogP contribution in [0, 0.1) is 0 Å². The number of nitrogens with one attached hydrogen (secondary N) is 3. The van der Waals surface area contributed by atoms with Crippen LogP contribution in [0.25, 0.3) is 0 Å². The lowest BCUT2D eigenvalue weighted by atomic mass is 10.1. The summed E-state index contributed by atoms with van der Waals surface area (Å²) in [6, 6.07) is 1.22. The summed E-state index contributed by atoms with van der Waals surface area (Å²) in [5.41, 5.74) is -0.390. The molecular formula is C20H35F2N5O2. The van der Waals surface area contributed by atoms with Gasteiger partial charge in [0, 0.05) is 6.07 Å². The van der Waals surface area contributed by atoms with Crippen molar-refractivity contribution in [2.75, 3.05) is 5.32 Å². The van der Waals surface area contributed by atoms with Crippen LogP contribution in [0.3, 0.4) is 0 Å². The number of alkyl halides is 2. The molecule has 0 saturated carbocycles. The topological polar surface area (TPSA) is 95.7 Å². The van der Waals surface area contributed by atoms with E-state index in [1.807, 2.05) is 13.8 Å². The van der Waals surface area contributed by atoms with Crippen LogP contribution in [0.15, 0.2) is 23.3 Å². The number of H-pyrrole nitrogens is 2. The Balaban J connectivity index is 0.000000563. The second-order valence-electron chi connectivity index (χ2n) is 6.05. The van der Waals surface area contributed by atoms with Gasteiger partial charge in [0.05, 0.1) is 12.4 Å². The lowest BCUT2D eigenvalue weighted by Gasteiger charge is -2.00. The van der Waals surface area contributed by atoms with Gasteiger partial charge >= 0.3 is 6.61 Å². The molecule has 29 heavy (non-hydrogen) atoms. The van der Waals surface area contributed by atoms with Crippen molar-refractivity contribution in [1.29, 1.82) is 0 Å². The second kappa shape index (κ2) is 17.6. The van der Waals surface area contributed by atoms with E-state index < -0.39 is 12.2 Å². The maximum absolute atomic E-state index is 11.9. The van der Waals surface area contributed by atoms with Gasteiger partial charge < -0.3 is 15.0 Å². The van der Waals surface area contributed by atoms with Gasteiger partial charge in [0.25, 0.3) is 5.56 Å². The monoisotopic (exact) mass is 415 g/mol. The minimum absolute atomic E-state index is 0.256. The lowest BCUT2D eigenvalue weighted by molar-refractivity contribution is -0.0528. The molecule has 0 aliphatic heterocycles. The fourth-order valence-electron chi connectivity index (χ4n) is 2.31. The van der Waals surface area contributed by atoms with E-state index in [-0.39, 0.29) is 11.7 Å². The summed E-state index contributed by atoms with van der Waals surface area (Å²) in [5.74, 6) is 0.322. The Kier molecular flexibility index (Phi) is 16.1. The van der Waals surface area contributed by atoms with E-state index in [0.717, 1.165) is 6.20 Å². The molecule has 0 unspecified atom stereocenters. The molecule has 0 aromatic carbocycles. The number of aromatic amines is 2. The Morgan fingerprint density at radius 1 is 1.00 bits per heavy atom. The molecule has 0 aliphatic carbocycles. The van der Waals surface area contributed by atoms with Gasteiger partial charge in [-0.3, -0.25) is 14.9 Å². The maximum Gasteiger partial charge on any atom is 0.388 e. The highest BCUT2D eigenvalue weighted by Gasteiger charge is 2.08. The molecule has 0 aliphatic rings. The molecular weight excluding hydrogens is 380 g/mol. The minimum atomic E-state index is -2.94. The minimum Gasteiger partial charge on any atom is -0.415 e. The largest absolute Gasteiger partial charge is 0.415 e. The number of rotatable bonds is 11. The van der Waals surface area contributed by atoms with Crippen LogP contribution in [0.1, 0.15) is 79.1 Å². The third kappa shape index (κ3) is 14.2. The van der Waals surface area contributed by atoms with Crippen LogP contribution in [-0.4, -0.2) is 26.8 Å². The Morgan fingerprint density at radius 3 is 2.10 bits per heavy atom. The van der Waals surface area contributed by atoms with Crippen molar-refractivity contribution in [2.45, 2.75) is 85.7 Å². The average molecular weight is 416 g/mol. The third-order valence-electron chi connectivity index (χ3n) is 3.64. The number of aromatic nitrogens is 4. The normalized spacial score (nSPS) is 9.90. The SMILES string of the molecule is CC.CCCCCCCCCC.O=c1cncc(Nc2cc(OC(F)F)n[nH]2)[nH]1. The molecule has 2 aromatic heterocycles. The number of nitrogens with zero attached hydrogens (tertiary/aromatic N) is 2. The molecule has 2 aromatic rings. The van der Waals surface area contributed by atoms with Gasteiger partial charge in [-0.05, 0) is 0 Å². The first-order valence-corrected chi connectivity index (χ1v) is 10.4. The number of halogens is 2. The van der Waals surface area contributed by atoms with Crippen molar-refractivity contribution in [1.82, 2.24) is 20.2 Å². The second-order valence-corrected chi connectivity index (χ2v) is 6.05. The summed E-state index contributed by atoms with van der Waals surface area (Å²) < 4.78 is 27.8. The van der Waals surface area contributed by atoms with Crippen LogP contribution >= 0.6 is 0 Å². The first-order chi connectivity index (χ1) is 14.0. The van der Waals surface area contributed by atoms with E-state index >= 15 is 0 Å². The molecule has 0 spiro atoms. The van der Waals surface area contributed by atoms with E-state index in [0.29, 0.717) is 5.82 Å². The van der Waals surface area contributed by atoms with Crippen LogP contribution in [-0.2, 0) is 0 Å². The fraction of sp³-hybridized carbons (Fsp3) is 0.650. The highest BCUT2D eigenvalue weighted by molar-refractivity contribution is 5.51. The summed E-state index contributed by atoms with van der Waals surface area (Å²) in [6.07, 6.45) is 13.9. The van der Waals surface area contributed by atoms with E-state index in [4.69, 9.17) is 0 Å². The molecule has 3 N–H and O–H groups in total. The van der Waals surface area contributed by atoms with Crippen LogP contribution in [0.2, 0.25) is 0 Å². The van der Waals surface area contributed by atoms with Gasteiger partial charge in [0.15, 0.2) is 0 Å². The number of hydrogen-bond donors (Lipinski definition) is 3. The molecule has 2 heterocycles. The number of ether oxygens (including phenoxy) is 1. The van der Waals surface area contributed by atoms with Gasteiger partial charge in [-0.1, -0.05) is 79.1 Å². The summed E-state index contributed by atoms with van der Waals surface area (Å²) in [6.45, 7) is 5.60. The molecule has 0 radical (unpaired) electrons. The Morgan fingerprint density at radius 2 is 1.59 bits per heavy atom. The van der Waals surface area contributed by atoms with E-state index in [9.17, 15) is 13.6 Å². The Hall–Kier alpha value is -2.45. The van der Waals surface area contributed by atoms with E-state index in [1.54, 1.807) is 0 Å². The number of unbranched alkanes of at least 4 members (excludes halogenated alkanes) is 7. The fourth-order valence-corrected chi connectivity index (χ4v) is 2.31. The Bertz CT molecular complexity index is 669. The van der Waals surface area contributed by atoms with Crippen molar-refractivity contribution in [3.63, 3.8) is 0 Å². The van der Waals surface area contributed by atoms with Crippen LogP contribution < -0.4 is 15.6 Å². The molecule has 0 atom stereocenters. The van der Waals surface area contributed by atoms with Crippen molar-refractivity contribution in [3.8, 4) is 5.88 Å². The van der Waals surface area contributed by atoms with Gasteiger partial charge in [0.2, 0.25) is 5.88 Å². The summed E-state index contributed by atoms with van der Waals surface area (Å²) in [4.78, 5) is 17.0. The maximum atomic E-state index is 11.9. The zero-order valence-corrected chi connectivity index (χ0v) is 17.9. The highest BCUT2D eigenvalue weighted by Crippen LogP contribution is 2.17. The Labute approximate surface area is 171 Å². The number of anilines is 2. The molecule has 0 saturated heterocycles. The first kappa shape index (κ1) is 26.6. The summed E-state index contributed by atoms with van der Waals surface area (Å²) in [7, 11) is 0. The number of hydrogen-bond acceptors (Lipinski definition) is 5. The van der Waals surface area contributed by atoms with Gasteiger partial charge in [-0.2, -0.15) is 8.78 Å². The van der Waals surface area contributed by atoms with Crippen molar-refractivity contribution in [2.24, 2.45) is 0 Å². The zero-order chi connectivity index (χ0) is 21.9. The van der Waals surface area contributed by atoms with Gasteiger partial charge in [0.1, 0.15) is 11.6 Å². The lowest BCUT2D eigenvalue weighted by Crippen LogP contribution is -2.07. The van der Waals surface area contributed by atoms with Gasteiger partial charge in [-0.25, -0.2) is 0 Å². The molecule has 0 amide bonds. The smallest absolute Gasteiger partial charge is 0.388 e. The zero-order valence-electron chi connectivity index (χ0n) is 17.9. The van der Waals surface area contributed by atoms with Crippen LogP contribution in [0.4, 0.5) is 20.4 Å². The summed E-state index contributed by atoms with van der Waals surface area (Å²) in [5, 5.41) is 8.56. The molecule has 2 rings (SSSR count). The molecule has 0 bridgehead atoms. The standard InChI is InChI=1S/C10H22.C8H7F2N5O2.C2H6/c1-3-5-7-9-10-8-6-4-2;9-8(10)17-7-1-4(14-15-7)12-5-2-11-3-6(16)13-5;1-2/h3-10H2,1-2H3;1-3,8H,(H3,12,13,14,15,16);1-2H3. The quantitative estimate of drug-likeness (QED) is 0.391. The summed E-state index contributed by atoms with van der Waals surface area (Å²) >= 11 is 0. The third-order valence-corrected chi connectivity index (χ3v) is 3.64. The predicted octanol–water partition coefficient (Wildman–Crippen LogP) is 6.01. The van der Waals surface area contributed by atoms with E-state index in [2.05, 4.69) is 44.1 Å². The predicted molar refractivity (Wildman–Crippen MR) is 113 cm³/mol. The molecule has 9 heteroatoms. The van der Waals surface area contributed by atoms with Gasteiger partial charge in [-0.15, -0.1) is 5.10 Å². The van der Waals surface area contributed by atoms with Crippen molar-refractivity contribution < 1.29 is 13.5 Å². The first-order valence-electron chi connectivity index (χ1n) is 10.4. The molecule has 7 nitrogen and oxygen atoms in total. The van der Waals surface area contributed by atoms with Crippen molar-refractivity contribution >= 4 is 11.6 Å².